The molecule has 2 aromatic heterocycles. The summed E-state index contributed by atoms with van der Waals surface area (Å²) in [6.07, 6.45) is 0. The molecule has 0 fully saturated rings. The van der Waals surface area contributed by atoms with E-state index in [1.807, 2.05) is 19.1 Å². The first-order chi connectivity index (χ1) is 10.3. The molecule has 1 N–H and O–H groups in total. The maximum atomic E-state index is 12.4. The van der Waals surface area contributed by atoms with Crippen LogP contribution in [-0.2, 0) is 11.3 Å². The van der Waals surface area contributed by atoms with Crippen LogP contribution in [0.15, 0.2) is 32.6 Å². The molecule has 7 heteroatoms. The molecule has 1 atom stereocenters. The minimum atomic E-state index is -0.356. The summed E-state index contributed by atoms with van der Waals surface area (Å²) in [7, 11) is 1.73. The van der Waals surface area contributed by atoms with Gasteiger partial charge >= 0.3 is 0 Å². The normalized spacial score (nSPS) is 12.2. The van der Waals surface area contributed by atoms with Crippen LogP contribution in [0.4, 0.5) is 0 Å². The van der Waals surface area contributed by atoms with Gasteiger partial charge in [-0.3, -0.25) is 9.59 Å². The highest BCUT2D eigenvalue weighted by atomic mass is 32.2. The summed E-state index contributed by atoms with van der Waals surface area (Å²) in [5.41, 5.74) is 0.416. The van der Waals surface area contributed by atoms with E-state index in [1.165, 1.54) is 17.8 Å². The van der Waals surface area contributed by atoms with Gasteiger partial charge in [-0.1, -0.05) is 11.8 Å². The average molecular weight is 321 g/mol. The minimum Gasteiger partial charge on any atom is -0.464 e. The van der Waals surface area contributed by atoms with Crippen LogP contribution in [0.3, 0.4) is 0 Å². The number of aryl methyl sites for hydroxylation is 2. The maximum Gasteiger partial charge on any atom is 0.251 e. The molecule has 0 aliphatic rings. The molecule has 1 amide bonds. The number of hydrogen-bond acceptors (Lipinski definition) is 5. The van der Waals surface area contributed by atoms with Crippen molar-refractivity contribution in [3.05, 3.63) is 45.8 Å². The first-order valence-corrected chi connectivity index (χ1v) is 7.78. The lowest BCUT2D eigenvalue weighted by atomic mass is 10.3. The number of nitrogens with zero attached hydrogens (tertiary/aromatic N) is 2. The lowest BCUT2D eigenvalue weighted by Crippen LogP contribution is -2.32. The third-order valence-electron chi connectivity index (χ3n) is 3.05. The standard InChI is InChI=1S/C15H19N3O3S/c1-9-7-13(19)17-15(16-9)22-11(3)14(20)18(4)8-12-6-5-10(2)21-12/h5-7,11H,8H2,1-4H3,(H,16,17,19). The highest BCUT2D eigenvalue weighted by Gasteiger charge is 2.20. The smallest absolute Gasteiger partial charge is 0.251 e. The number of rotatable bonds is 5. The largest absolute Gasteiger partial charge is 0.464 e. The number of H-pyrrole nitrogens is 1. The second kappa shape index (κ2) is 6.83. The van der Waals surface area contributed by atoms with Crippen LogP contribution in [0.1, 0.15) is 24.1 Å². The number of hydrogen-bond donors (Lipinski definition) is 1. The Morgan fingerprint density at radius 1 is 1.45 bits per heavy atom. The second-order valence-electron chi connectivity index (χ2n) is 5.16. The molecule has 0 aliphatic carbocycles. The fourth-order valence-electron chi connectivity index (χ4n) is 2.02. The van der Waals surface area contributed by atoms with E-state index in [1.54, 1.807) is 25.8 Å². The Morgan fingerprint density at radius 3 is 2.77 bits per heavy atom. The van der Waals surface area contributed by atoms with Gasteiger partial charge in [0.15, 0.2) is 5.16 Å². The van der Waals surface area contributed by atoms with Gasteiger partial charge in [-0.2, -0.15) is 0 Å². The van der Waals surface area contributed by atoms with Crippen molar-refractivity contribution in [1.82, 2.24) is 14.9 Å². The molecule has 2 heterocycles. The van der Waals surface area contributed by atoms with Crippen molar-refractivity contribution in [2.75, 3.05) is 7.05 Å². The van der Waals surface area contributed by atoms with E-state index in [9.17, 15) is 9.59 Å². The quantitative estimate of drug-likeness (QED) is 0.674. The lowest BCUT2D eigenvalue weighted by Gasteiger charge is -2.19. The van der Waals surface area contributed by atoms with Crippen LogP contribution in [0.5, 0.6) is 0 Å². The van der Waals surface area contributed by atoms with E-state index in [0.29, 0.717) is 17.4 Å². The lowest BCUT2D eigenvalue weighted by molar-refractivity contribution is -0.129. The number of furan rings is 1. The zero-order valence-corrected chi connectivity index (χ0v) is 13.9. The molecule has 0 bridgehead atoms. The molecule has 2 rings (SSSR count). The Hall–Kier alpha value is -2.02. The molecule has 1 unspecified atom stereocenters. The number of thioether (sulfide) groups is 1. The van der Waals surface area contributed by atoms with Crippen LogP contribution >= 0.6 is 11.8 Å². The molecule has 22 heavy (non-hydrogen) atoms. The summed E-state index contributed by atoms with van der Waals surface area (Å²) >= 11 is 1.24. The van der Waals surface area contributed by atoms with Crippen molar-refractivity contribution in [1.29, 1.82) is 0 Å². The van der Waals surface area contributed by atoms with E-state index in [0.717, 1.165) is 11.5 Å². The van der Waals surface area contributed by atoms with Gasteiger partial charge < -0.3 is 14.3 Å². The summed E-state index contributed by atoms with van der Waals surface area (Å²) in [5.74, 6) is 1.51. The molecule has 0 radical (unpaired) electrons. The van der Waals surface area contributed by atoms with Crippen molar-refractivity contribution in [2.24, 2.45) is 0 Å². The first kappa shape index (κ1) is 16.4. The number of aromatic amines is 1. The van der Waals surface area contributed by atoms with E-state index in [4.69, 9.17) is 4.42 Å². The molecular weight excluding hydrogens is 302 g/mol. The van der Waals surface area contributed by atoms with Crippen molar-refractivity contribution in [3.63, 3.8) is 0 Å². The fraction of sp³-hybridized carbons (Fsp3) is 0.400. The van der Waals surface area contributed by atoms with Gasteiger partial charge in [0, 0.05) is 18.8 Å². The molecule has 0 spiro atoms. The second-order valence-corrected chi connectivity index (χ2v) is 6.49. The van der Waals surface area contributed by atoms with Crippen molar-refractivity contribution in [3.8, 4) is 0 Å². The molecule has 6 nitrogen and oxygen atoms in total. The van der Waals surface area contributed by atoms with Crippen molar-refractivity contribution in [2.45, 2.75) is 37.7 Å². The number of carbonyl (C=O) groups excluding carboxylic acids is 1. The van der Waals surface area contributed by atoms with Gasteiger partial charge in [-0.15, -0.1) is 0 Å². The van der Waals surface area contributed by atoms with E-state index >= 15 is 0 Å². The first-order valence-electron chi connectivity index (χ1n) is 6.90. The SMILES string of the molecule is Cc1cc(=O)[nH]c(SC(C)C(=O)N(C)Cc2ccc(C)o2)n1. The summed E-state index contributed by atoms with van der Waals surface area (Å²) < 4.78 is 5.47. The maximum absolute atomic E-state index is 12.4. The number of amides is 1. The highest BCUT2D eigenvalue weighted by Crippen LogP contribution is 2.20. The number of nitrogens with one attached hydrogen (secondary N) is 1. The zero-order chi connectivity index (χ0) is 16.3. The summed E-state index contributed by atoms with van der Waals surface area (Å²) in [4.78, 5) is 32.3. The van der Waals surface area contributed by atoms with Crippen LogP contribution in [0, 0.1) is 13.8 Å². The third-order valence-corrected chi connectivity index (χ3v) is 4.02. The Morgan fingerprint density at radius 2 is 2.18 bits per heavy atom. The minimum absolute atomic E-state index is 0.0526. The molecule has 0 aliphatic heterocycles. The van der Waals surface area contributed by atoms with Crippen molar-refractivity contribution < 1.29 is 9.21 Å². The van der Waals surface area contributed by atoms with Gasteiger partial charge in [0.25, 0.3) is 5.56 Å². The predicted molar refractivity (Wildman–Crippen MR) is 84.8 cm³/mol. The molecule has 0 saturated carbocycles. The zero-order valence-electron chi connectivity index (χ0n) is 13.0. The topological polar surface area (TPSA) is 79.2 Å². The summed E-state index contributed by atoms with van der Waals surface area (Å²) in [6, 6.07) is 5.14. The summed E-state index contributed by atoms with van der Waals surface area (Å²) in [6.45, 7) is 5.81. The number of aromatic nitrogens is 2. The Bertz CT molecular complexity index is 723. The van der Waals surface area contributed by atoms with E-state index < -0.39 is 0 Å². The van der Waals surface area contributed by atoms with Gasteiger partial charge in [-0.05, 0) is 32.9 Å². The fourth-order valence-corrected chi connectivity index (χ4v) is 2.99. The summed E-state index contributed by atoms with van der Waals surface area (Å²) in [5, 5.41) is 0.0964. The van der Waals surface area contributed by atoms with E-state index in [2.05, 4.69) is 9.97 Å². The highest BCUT2D eigenvalue weighted by molar-refractivity contribution is 8.00. The van der Waals surface area contributed by atoms with Gasteiger partial charge in [-0.25, -0.2) is 4.98 Å². The monoisotopic (exact) mass is 321 g/mol. The van der Waals surface area contributed by atoms with Crippen LogP contribution in [0.25, 0.3) is 0 Å². The number of carbonyl (C=O) groups is 1. The van der Waals surface area contributed by atoms with Gasteiger partial charge in [0.2, 0.25) is 5.91 Å². The molecule has 0 saturated heterocycles. The van der Waals surface area contributed by atoms with Crippen LogP contribution in [-0.4, -0.2) is 33.1 Å². The Balaban J connectivity index is 2.00. The molecule has 0 aromatic carbocycles. The van der Waals surface area contributed by atoms with E-state index in [-0.39, 0.29) is 16.7 Å². The predicted octanol–water partition coefficient (Wildman–Crippen LogP) is 2.12. The average Bonchev–Trinajstić information content (AvgIpc) is 2.81. The van der Waals surface area contributed by atoms with Gasteiger partial charge in [0.1, 0.15) is 11.5 Å². The van der Waals surface area contributed by atoms with Crippen LogP contribution < -0.4 is 5.56 Å². The van der Waals surface area contributed by atoms with Crippen LogP contribution in [0.2, 0.25) is 0 Å². The van der Waals surface area contributed by atoms with Gasteiger partial charge in [0.05, 0.1) is 11.8 Å². The Kier molecular flexibility index (Phi) is 5.07. The molecular formula is C15H19N3O3S. The molecule has 118 valence electrons. The Labute approximate surface area is 132 Å². The third kappa shape index (κ3) is 4.24. The molecule has 2 aromatic rings. The van der Waals surface area contributed by atoms with Crippen molar-refractivity contribution >= 4 is 17.7 Å².